The van der Waals surface area contributed by atoms with Gasteiger partial charge in [0.2, 0.25) is 0 Å². The van der Waals surface area contributed by atoms with Gasteiger partial charge in [0.15, 0.2) is 10.8 Å². The number of nitrogens with zero attached hydrogens (tertiary/aromatic N) is 5. The van der Waals surface area contributed by atoms with Crippen LogP contribution in [0.2, 0.25) is 0 Å². The van der Waals surface area contributed by atoms with Crippen LogP contribution >= 0.6 is 11.3 Å². The molecule has 2 aliphatic rings. The number of anilines is 2. The van der Waals surface area contributed by atoms with Crippen LogP contribution in [0.4, 0.5) is 10.8 Å². The monoisotopic (exact) mass is 462 g/mol. The van der Waals surface area contributed by atoms with Gasteiger partial charge in [-0.25, -0.2) is 15.0 Å². The van der Waals surface area contributed by atoms with Crippen LogP contribution < -0.4 is 15.0 Å². The lowest BCUT2D eigenvalue weighted by molar-refractivity contribution is 0.122. The SMILES string of the molecule is c1cnc2nc(NC3CCC(Oc4cc(N5CCOCC5)cc5nccnc45)CC3)sc2c1. The molecular weight excluding hydrogens is 436 g/mol. The number of pyridine rings is 1. The Morgan fingerprint density at radius 2 is 1.85 bits per heavy atom. The molecule has 0 radical (unpaired) electrons. The van der Waals surface area contributed by atoms with E-state index in [4.69, 9.17) is 9.47 Å². The summed E-state index contributed by atoms with van der Waals surface area (Å²) in [7, 11) is 0. The lowest BCUT2D eigenvalue weighted by atomic mass is 9.93. The van der Waals surface area contributed by atoms with E-state index in [0.29, 0.717) is 6.04 Å². The Kier molecular flexibility index (Phi) is 5.65. The summed E-state index contributed by atoms with van der Waals surface area (Å²) in [5.41, 5.74) is 3.64. The molecule has 6 rings (SSSR count). The minimum atomic E-state index is 0.172. The summed E-state index contributed by atoms with van der Waals surface area (Å²) >= 11 is 1.67. The normalized spacial score (nSPS) is 21.4. The first kappa shape index (κ1) is 20.6. The van der Waals surface area contributed by atoms with Gasteiger partial charge in [-0.15, -0.1) is 0 Å². The molecule has 0 spiro atoms. The van der Waals surface area contributed by atoms with Crippen molar-refractivity contribution in [1.82, 2.24) is 19.9 Å². The lowest BCUT2D eigenvalue weighted by Gasteiger charge is -2.31. The number of morpholine rings is 1. The van der Waals surface area contributed by atoms with Crippen LogP contribution in [0.1, 0.15) is 25.7 Å². The maximum absolute atomic E-state index is 6.54. The number of aromatic nitrogens is 4. The van der Waals surface area contributed by atoms with Gasteiger partial charge in [0.1, 0.15) is 11.3 Å². The summed E-state index contributed by atoms with van der Waals surface area (Å²) in [6, 6.07) is 8.65. The van der Waals surface area contributed by atoms with Crippen LogP contribution in [0.15, 0.2) is 42.9 Å². The second-order valence-electron chi connectivity index (χ2n) is 8.55. The predicted molar refractivity (Wildman–Crippen MR) is 130 cm³/mol. The van der Waals surface area contributed by atoms with Crippen LogP contribution in [0.5, 0.6) is 5.75 Å². The molecule has 2 fully saturated rings. The summed E-state index contributed by atoms with van der Waals surface area (Å²) in [5, 5.41) is 4.56. The highest BCUT2D eigenvalue weighted by Crippen LogP contribution is 2.34. The number of hydrogen-bond donors (Lipinski definition) is 1. The molecule has 1 aliphatic carbocycles. The Labute approximate surface area is 196 Å². The number of ether oxygens (including phenoxy) is 2. The highest BCUT2D eigenvalue weighted by Gasteiger charge is 2.25. The van der Waals surface area contributed by atoms with Crippen LogP contribution in [0, 0.1) is 0 Å². The summed E-state index contributed by atoms with van der Waals surface area (Å²) in [6.07, 6.45) is 9.50. The largest absolute Gasteiger partial charge is 0.488 e. The summed E-state index contributed by atoms with van der Waals surface area (Å²) in [5.74, 6) is 0.829. The maximum Gasteiger partial charge on any atom is 0.185 e. The summed E-state index contributed by atoms with van der Waals surface area (Å²) in [4.78, 5) is 20.4. The van der Waals surface area contributed by atoms with Crippen LogP contribution in [0.25, 0.3) is 21.4 Å². The first-order chi connectivity index (χ1) is 16.3. The van der Waals surface area contributed by atoms with E-state index in [-0.39, 0.29) is 6.10 Å². The lowest BCUT2D eigenvalue weighted by Crippen LogP contribution is -2.36. The standard InChI is InChI=1S/C24H26N6O2S/c1-2-21-23(27-7-1)29-24(33-21)28-16-3-5-18(6-4-16)32-20-15-17(30-10-12-31-13-11-30)14-19-22(20)26-9-8-25-19/h1-2,7-9,14-16,18H,3-6,10-13H2,(H,27,28,29). The molecule has 170 valence electrons. The van der Waals surface area contributed by atoms with Crippen molar-refractivity contribution in [2.24, 2.45) is 0 Å². The van der Waals surface area contributed by atoms with Crippen molar-refractivity contribution in [2.75, 3.05) is 36.5 Å². The zero-order valence-corrected chi connectivity index (χ0v) is 19.1. The fourth-order valence-electron chi connectivity index (χ4n) is 4.63. The predicted octanol–water partition coefficient (Wildman–Crippen LogP) is 4.27. The second-order valence-corrected chi connectivity index (χ2v) is 9.58. The Morgan fingerprint density at radius 3 is 2.70 bits per heavy atom. The Morgan fingerprint density at radius 1 is 1.00 bits per heavy atom. The van der Waals surface area contributed by atoms with E-state index in [9.17, 15) is 0 Å². The molecule has 9 heteroatoms. The van der Waals surface area contributed by atoms with Gasteiger partial charge in [0.05, 0.1) is 29.5 Å². The quantitative estimate of drug-likeness (QED) is 0.471. The van der Waals surface area contributed by atoms with E-state index in [1.165, 1.54) is 0 Å². The van der Waals surface area contributed by atoms with Crippen LogP contribution in [-0.2, 0) is 4.74 Å². The number of rotatable bonds is 5. The van der Waals surface area contributed by atoms with Crippen molar-refractivity contribution in [3.8, 4) is 5.75 Å². The Balaban J connectivity index is 1.14. The van der Waals surface area contributed by atoms with Gasteiger partial charge in [0, 0.05) is 49.5 Å². The van der Waals surface area contributed by atoms with E-state index in [0.717, 1.165) is 89.9 Å². The summed E-state index contributed by atoms with van der Waals surface area (Å²) < 4.78 is 13.2. The molecule has 1 aliphatic heterocycles. The third-order valence-corrected chi connectivity index (χ3v) is 7.30. The zero-order valence-electron chi connectivity index (χ0n) is 18.3. The van der Waals surface area contributed by atoms with Crippen molar-refractivity contribution in [3.05, 3.63) is 42.9 Å². The molecule has 0 amide bonds. The molecule has 3 aromatic heterocycles. The number of fused-ring (bicyclic) bond motifs is 2. The van der Waals surface area contributed by atoms with Gasteiger partial charge < -0.3 is 19.7 Å². The molecular formula is C24H26N6O2S. The fraction of sp³-hybridized carbons (Fsp3) is 0.417. The maximum atomic E-state index is 6.54. The second kappa shape index (κ2) is 9.07. The number of nitrogens with one attached hydrogen (secondary N) is 1. The third-order valence-electron chi connectivity index (χ3n) is 6.36. The molecule has 4 heterocycles. The van der Waals surface area contributed by atoms with Gasteiger partial charge in [-0.05, 0) is 43.9 Å². The van der Waals surface area contributed by atoms with E-state index in [1.54, 1.807) is 29.9 Å². The molecule has 1 saturated carbocycles. The molecule has 0 atom stereocenters. The molecule has 0 unspecified atom stereocenters. The van der Waals surface area contributed by atoms with E-state index in [1.807, 2.05) is 6.07 Å². The topological polar surface area (TPSA) is 85.3 Å². The smallest absolute Gasteiger partial charge is 0.185 e. The number of hydrogen-bond acceptors (Lipinski definition) is 9. The van der Waals surface area contributed by atoms with Crippen molar-refractivity contribution in [3.63, 3.8) is 0 Å². The molecule has 1 N–H and O–H groups in total. The summed E-state index contributed by atoms with van der Waals surface area (Å²) in [6.45, 7) is 3.25. The van der Waals surface area contributed by atoms with Crippen molar-refractivity contribution < 1.29 is 9.47 Å². The highest BCUT2D eigenvalue weighted by molar-refractivity contribution is 7.22. The molecule has 1 saturated heterocycles. The van der Waals surface area contributed by atoms with Gasteiger partial charge in [-0.3, -0.25) is 4.98 Å². The van der Waals surface area contributed by atoms with Crippen molar-refractivity contribution in [1.29, 1.82) is 0 Å². The first-order valence-corrected chi connectivity index (χ1v) is 12.4. The Hall–Kier alpha value is -3.04. The van der Waals surface area contributed by atoms with E-state index < -0.39 is 0 Å². The highest BCUT2D eigenvalue weighted by atomic mass is 32.1. The van der Waals surface area contributed by atoms with Crippen molar-refractivity contribution in [2.45, 2.75) is 37.8 Å². The third kappa shape index (κ3) is 4.43. The van der Waals surface area contributed by atoms with Gasteiger partial charge in [-0.2, -0.15) is 0 Å². The van der Waals surface area contributed by atoms with Gasteiger partial charge in [-0.1, -0.05) is 11.3 Å². The van der Waals surface area contributed by atoms with Crippen molar-refractivity contribution >= 4 is 43.5 Å². The fourth-order valence-corrected chi connectivity index (χ4v) is 5.53. The van der Waals surface area contributed by atoms with E-state index in [2.05, 4.69) is 48.4 Å². The Bertz CT molecular complexity index is 1220. The minimum Gasteiger partial charge on any atom is -0.488 e. The molecule has 1 aromatic carbocycles. The van der Waals surface area contributed by atoms with Gasteiger partial charge >= 0.3 is 0 Å². The minimum absolute atomic E-state index is 0.172. The first-order valence-electron chi connectivity index (χ1n) is 11.5. The molecule has 33 heavy (non-hydrogen) atoms. The molecule has 4 aromatic rings. The van der Waals surface area contributed by atoms with Gasteiger partial charge in [0.25, 0.3) is 0 Å². The number of benzene rings is 1. The van der Waals surface area contributed by atoms with Crippen LogP contribution in [-0.4, -0.2) is 58.4 Å². The number of thiazole rings is 1. The molecule has 8 nitrogen and oxygen atoms in total. The average molecular weight is 463 g/mol. The van der Waals surface area contributed by atoms with E-state index >= 15 is 0 Å². The van der Waals surface area contributed by atoms with Crippen LogP contribution in [0.3, 0.4) is 0 Å². The average Bonchev–Trinajstić information content (AvgIpc) is 3.28. The zero-order chi connectivity index (χ0) is 22.0. The molecule has 0 bridgehead atoms.